The molecular formula is C25H42O5. The van der Waals surface area contributed by atoms with Gasteiger partial charge in [-0.1, -0.05) is 77.5 Å². The number of ether oxygens (including phenoxy) is 2. The number of allylic oxidation sites excluding steroid dienone is 4. The fraction of sp³-hybridized carbons (Fsp3) is 0.720. The van der Waals surface area contributed by atoms with Crippen LogP contribution in [0.2, 0.25) is 0 Å². The van der Waals surface area contributed by atoms with Gasteiger partial charge in [-0.25, -0.2) is 0 Å². The van der Waals surface area contributed by atoms with Crippen LogP contribution in [0.1, 0.15) is 98.3 Å². The predicted octanol–water partition coefficient (Wildman–Crippen LogP) is 6.11. The summed E-state index contributed by atoms with van der Waals surface area (Å²) in [6, 6.07) is 0. The Morgan fingerprint density at radius 3 is 2.13 bits per heavy atom. The average Bonchev–Trinajstić information content (AvgIpc) is 2.72. The van der Waals surface area contributed by atoms with Gasteiger partial charge in [-0.15, -0.1) is 0 Å². The van der Waals surface area contributed by atoms with Crippen molar-refractivity contribution >= 4 is 17.7 Å². The molecule has 2 atom stereocenters. The summed E-state index contributed by atoms with van der Waals surface area (Å²) in [7, 11) is 0. The van der Waals surface area contributed by atoms with Crippen molar-refractivity contribution in [1.29, 1.82) is 0 Å². The van der Waals surface area contributed by atoms with E-state index in [-0.39, 0.29) is 24.3 Å². The smallest absolute Gasteiger partial charge is 0.306 e. The number of unbranched alkanes of at least 4 members (excludes halogenated alkanes) is 6. The van der Waals surface area contributed by atoms with Gasteiger partial charge >= 0.3 is 11.9 Å². The molecule has 0 bridgehead atoms. The lowest BCUT2D eigenvalue weighted by Crippen LogP contribution is -2.31. The molecule has 0 amide bonds. The largest absolute Gasteiger partial charge is 0.466 e. The fourth-order valence-corrected chi connectivity index (χ4v) is 3.03. The van der Waals surface area contributed by atoms with E-state index < -0.39 is 12.0 Å². The number of carbonyl (C=O) groups excluding carboxylic acids is 3. The van der Waals surface area contributed by atoms with E-state index >= 15 is 0 Å². The van der Waals surface area contributed by atoms with Crippen molar-refractivity contribution in [3.8, 4) is 0 Å². The van der Waals surface area contributed by atoms with Crippen LogP contribution in [0, 0.1) is 5.92 Å². The number of esters is 2. The van der Waals surface area contributed by atoms with Gasteiger partial charge in [-0.3, -0.25) is 14.4 Å². The van der Waals surface area contributed by atoms with Crippen LogP contribution in [0.25, 0.3) is 0 Å². The molecule has 0 aliphatic carbocycles. The highest BCUT2D eigenvalue weighted by molar-refractivity contribution is 5.92. The Balaban J connectivity index is 4.41. The molecular weight excluding hydrogens is 380 g/mol. The van der Waals surface area contributed by atoms with E-state index in [0.717, 1.165) is 19.3 Å². The molecule has 0 saturated carbocycles. The fourth-order valence-electron chi connectivity index (χ4n) is 3.03. The Morgan fingerprint density at radius 2 is 1.50 bits per heavy atom. The van der Waals surface area contributed by atoms with Crippen molar-refractivity contribution in [2.75, 3.05) is 6.61 Å². The Kier molecular flexibility index (Phi) is 17.9. The quantitative estimate of drug-likeness (QED) is 0.115. The molecule has 2 unspecified atom stereocenters. The summed E-state index contributed by atoms with van der Waals surface area (Å²) in [5, 5.41) is 0. The molecule has 0 rings (SSSR count). The van der Waals surface area contributed by atoms with Gasteiger partial charge in [-0.05, 0) is 25.8 Å². The van der Waals surface area contributed by atoms with Gasteiger partial charge in [0.05, 0.1) is 12.5 Å². The van der Waals surface area contributed by atoms with Gasteiger partial charge in [0.25, 0.3) is 0 Å². The molecule has 0 aromatic carbocycles. The lowest BCUT2D eigenvalue weighted by molar-refractivity contribution is -0.154. The molecule has 0 N–H and O–H groups in total. The second-order valence-electron chi connectivity index (χ2n) is 7.73. The van der Waals surface area contributed by atoms with E-state index in [4.69, 9.17) is 9.47 Å². The summed E-state index contributed by atoms with van der Waals surface area (Å²) in [6.45, 7) is 7.86. The monoisotopic (exact) mass is 422 g/mol. The zero-order valence-electron chi connectivity index (χ0n) is 19.5. The standard InChI is InChI=1S/C25H42O5/c1-5-8-10-11-12-13-15-18-24(27)29-20-19-23(30-25(28)16-7-3)21(4)22(26)17-14-9-6-2/h6,9,14,17,21,23H,5,7-8,10-13,15-16,18-20H2,1-4H3/b9-6+,17-14+. The SMILES string of the molecule is C/C=C/C=C/C(=O)C(C)C(CCOC(=O)CCCCCCCCC)OC(=O)CCC. The van der Waals surface area contributed by atoms with Crippen LogP contribution in [0.4, 0.5) is 0 Å². The van der Waals surface area contributed by atoms with Gasteiger partial charge in [-0.2, -0.15) is 0 Å². The minimum absolute atomic E-state index is 0.114. The van der Waals surface area contributed by atoms with Gasteiger partial charge < -0.3 is 9.47 Å². The number of ketones is 1. The first-order chi connectivity index (χ1) is 14.5. The molecule has 5 nitrogen and oxygen atoms in total. The third-order valence-corrected chi connectivity index (χ3v) is 4.96. The summed E-state index contributed by atoms with van der Waals surface area (Å²) in [5.74, 6) is -1.16. The van der Waals surface area contributed by atoms with Gasteiger partial charge in [0, 0.05) is 19.3 Å². The minimum atomic E-state index is -0.599. The Morgan fingerprint density at radius 1 is 0.833 bits per heavy atom. The molecule has 5 heteroatoms. The van der Waals surface area contributed by atoms with Crippen LogP contribution in [0.5, 0.6) is 0 Å². The molecule has 0 radical (unpaired) electrons. The highest BCUT2D eigenvalue weighted by Crippen LogP contribution is 2.16. The molecule has 0 aromatic heterocycles. The van der Waals surface area contributed by atoms with Crippen molar-refractivity contribution in [2.45, 2.75) is 104 Å². The third kappa shape index (κ3) is 15.0. The first kappa shape index (κ1) is 28.1. The number of rotatable bonds is 18. The van der Waals surface area contributed by atoms with Gasteiger partial charge in [0.15, 0.2) is 5.78 Å². The molecule has 0 aliphatic heterocycles. The van der Waals surface area contributed by atoms with Crippen molar-refractivity contribution in [3.05, 3.63) is 24.3 Å². The zero-order valence-corrected chi connectivity index (χ0v) is 19.5. The molecule has 0 fully saturated rings. The summed E-state index contributed by atoms with van der Waals surface area (Å²) < 4.78 is 10.8. The summed E-state index contributed by atoms with van der Waals surface area (Å²) in [5.41, 5.74) is 0. The zero-order chi connectivity index (χ0) is 22.6. The maximum Gasteiger partial charge on any atom is 0.306 e. The Bertz CT molecular complexity index is 536. The van der Waals surface area contributed by atoms with Crippen LogP contribution in [-0.2, 0) is 23.9 Å². The lowest BCUT2D eigenvalue weighted by Gasteiger charge is -2.22. The molecule has 0 saturated heterocycles. The van der Waals surface area contributed by atoms with Crippen LogP contribution in [-0.4, -0.2) is 30.4 Å². The van der Waals surface area contributed by atoms with Gasteiger partial charge in [0.1, 0.15) is 6.10 Å². The number of hydrogen-bond acceptors (Lipinski definition) is 5. The maximum absolute atomic E-state index is 12.3. The molecule has 172 valence electrons. The average molecular weight is 423 g/mol. The van der Waals surface area contributed by atoms with Crippen molar-refractivity contribution in [2.24, 2.45) is 5.92 Å². The van der Waals surface area contributed by atoms with E-state index in [0.29, 0.717) is 25.7 Å². The van der Waals surface area contributed by atoms with E-state index in [1.807, 2.05) is 19.9 Å². The van der Waals surface area contributed by atoms with Crippen LogP contribution in [0.3, 0.4) is 0 Å². The van der Waals surface area contributed by atoms with Gasteiger partial charge in [0.2, 0.25) is 0 Å². The highest BCUT2D eigenvalue weighted by Gasteiger charge is 2.26. The van der Waals surface area contributed by atoms with E-state index in [9.17, 15) is 14.4 Å². The first-order valence-corrected chi connectivity index (χ1v) is 11.6. The number of hydrogen-bond donors (Lipinski definition) is 0. The topological polar surface area (TPSA) is 69.7 Å². The van der Waals surface area contributed by atoms with Crippen LogP contribution < -0.4 is 0 Å². The van der Waals surface area contributed by atoms with E-state index in [2.05, 4.69) is 6.92 Å². The number of carbonyl (C=O) groups is 3. The Hall–Kier alpha value is -1.91. The Labute approximate surface area is 183 Å². The van der Waals surface area contributed by atoms with Crippen LogP contribution in [0.15, 0.2) is 24.3 Å². The van der Waals surface area contributed by atoms with E-state index in [1.165, 1.54) is 31.8 Å². The van der Waals surface area contributed by atoms with Crippen molar-refractivity contribution < 1.29 is 23.9 Å². The molecule has 30 heavy (non-hydrogen) atoms. The first-order valence-electron chi connectivity index (χ1n) is 11.6. The summed E-state index contributed by atoms with van der Waals surface area (Å²) in [6.07, 6.45) is 15.9. The van der Waals surface area contributed by atoms with Crippen molar-refractivity contribution in [3.63, 3.8) is 0 Å². The third-order valence-electron chi connectivity index (χ3n) is 4.96. The highest BCUT2D eigenvalue weighted by atomic mass is 16.6. The predicted molar refractivity (Wildman–Crippen MR) is 121 cm³/mol. The minimum Gasteiger partial charge on any atom is -0.466 e. The van der Waals surface area contributed by atoms with Crippen molar-refractivity contribution in [1.82, 2.24) is 0 Å². The molecule has 0 aliphatic rings. The summed E-state index contributed by atoms with van der Waals surface area (Å²) >= 11 is 0. The normalized spacial score (nSPS) is 13.5. The maximum atomic E-state index is 12.3. The van der Waals surface area contributed by atoms with E-state index in [1.54, 1.807) is 19.1 Å². The summed E-state index contributed by atoms with van der Waals surface area (Å²) in [4.78, 5) is 36.2. The van der Waals surface area contributed by atoms with Crippen LogP contribution >= 0.6 is 0 Å². The molecule has 0 spiro atoms. The molecule has 0 aromatic rings. The second-order valence-corrected chi connectivity index (χ2v) is 7.73. The lowest BCUT2D eigenvalue weighted by atomic mass is 9.96. The molecule has 0 heterocycles. The second kappa shape index (κ2) is 19.1.